The van der Waals surface area contributed by atoms with E-state index in [4.69, 9.17) is 5.11 Å². The zero-order valence-electron chi connectivity index (χ0n) is 10.2. The Bertz CT molecular complexity index is 531. The molecule has 2 aromatic heterocycles. The average molecular weight is 249 g/mol. The van der Waals surface area contributed by atoms with Crippen molar-refractivity contribution in [1.82, 2.24) is 24.8 Å². The molecule has 0 radical (unpaired) electrons. The average Bonchev–Trinajstić information content (AvgIpc) is 2.93. The topological polar surface area (TPSA) is 85.8 Å². The van der Waals surface area contributed by atoms with Gasteiger partial charge in [0.05, 0.1) is 18.3 Å². The molecule has 0 aliphatic carbocycles. The van der Waals surface area contributed by atoms with Crippen LogP contribution in [0.4, 0.5) is 0 Å². The number of aromatic nitrogens is 5. The van der Waals surface area contributed by atoms with Crippen molar-refractivity contribution in [1.29, 1.82) is 0 Å². The van der Waals surface area contributed by atoms with Crippen LogP contribution in [-0.4, -0.2) is 35.9 Å². The molecule has 0 saturated heterocycles. The number of carboxylic acids is 1. The fraction of sp³-hybridized carbons (Fsp3) is 0.455. The minimum absolute atomic E-state index is 0.0846. The van der Waals surface area contributed by atoms with E-state index in [1.54, 1.807) is 15.6 Å². The van der Waals surface area contributed by atoms with E-state index < -0.39 is 5.97 Å². The number of aryl methyl sites for hydroxylation is 4. The molecule has 0 bridgehead atoms. The Morgan fingerprint density at radius 1 is 1.39 bits per heavy atom. The quantitative estimate of drug-likeness (QED) is 0.794. The van der Waals surface area contributed by atoms with E-state index >= 15 is 0 Å². The highest BCUT2D eigenvalue weighted by molar-refractivity contribution is 5.66. The van der Waals surface area contributed by atoms with Gasteiger partial charge in [-0.15, -0.1) is 5.10 Å². The summed E-state index contributed by atoms with van der Waals surface area (Å²) in [6.45, 7) is 0.714. The van der Waals surface area contributed by atoms with E-state index in [9.17, 15) is 4.79 Å². The van der Waals surface area contributed by atoms with Crippen molar-refractivity contribution >= 4 is 5.97 Å². The van der Waals surface area contributed by atoms with E-state index in [2.05, 4.69) is 15.4 Å². The largest absolute Gasteiger partial charge is 0.481 e. The lowest BCUT2D eigenvalue weighted by atomic mass is 10.2. The van der Waals surface area contributed by atoms with Crippen LogP contribution in [0.25, 0.3) is 0 Å². The van der Waals surface area contributed by atoms with Gasteiger partial charge in [0.25, 0.3) is 0 Å². The molecule has 1 N–H and O–H groups in total. The Balaban J connectivity index is 1.84. The predicted octanol–water partition coefficient (Wildman–Crippen LogP) is 0.271. The van der Waals surface area contributed by atoms with E-state index in [-0.39, 0.29) is 6.42 Å². The highest BCUT2D eigenvalue weighted by Gasteiger charge is 2.04. The third-order valence-corrected chi connectivity index (χ3v) is 2.57. The Morgan fingerprint density at radius 2 is 2.22 bits per heavy atom. The summed E-state index contributed by atoms with van der Waals surface area (Å²) in [4.78, 5) is 10.4. The Labute approximate surface area is 104 Å². The minimum Gasteiger partial charge on any atom is -0.481 e. The minimum atomic E-state index is -0.820. The molecule has 0 saturated carbocycles. The first-order chi connectivity index (χ1) is 8.63. The first-order valence-electron chi connectivity index (χ1n) is 5.72. The molecular weight excluding hydrogens is 234 g/mol. The zero-order chi connectivity index (χ0) is 13.0. The van der Waals surface area contributed by atoms with Crippen LogP contribution < -0.4 is 0 Å². The SMILES string of the molecule is Cn1cc(CCn2cc(CCC(=O)O)nn2)cn1. The fourth-order valence-corrected chi connectivity index (χ4v) is 1.64. The van der Waals surface area contributed by atoms with Gasteiger partial charge >= 0.3 is 5.97 Å². The molecule has 0 atom stereocenters. The molecule has 2 heterocycles. The van der Waals surface area contributed by atoms with E-state index in [0.29, 0.717) is 18.7 Å². The first-order valence-corrected chi connectivity index (χ1v) is 5.72. The highest BCUT2D eigenvalue weighted by Crippen LogP contribution is 2.02. The van der Waals surface area contributed by atoms with Crippen molar-refractivity contribution in [3.05, 3.63) is 29.8 Å². The van der Waals surface area contributed by atoms with Gasteiger partial charge in [-0.05, 0) is 12.0 Å². The first kappa shape index (κ1) is 12.3. The van der Waals surface area contributed by atoms with E-state index in [1.807, 2.05) is 19.4 Å². The van der Waals surface area contributed by atoms with Gasteiger partial charge in [0.1, 0.15) is 0 Å². The summed E-state index contributed by atoms with van der Waals surface area (Å²) in [5.41, 5.74) is 1.85. The van der Waals surface area contributed by atoms with Gasteiger partial charge < -0.3 is 5.11 Å². The molecule has 2 aromatic rings. The highest BCUT2D eigenvalue weighted by atomic mass is 16.4. The van der Waals surface area contributed by atoms with Gasteiger partial charge in [-0.3, -0.25) is 14.2 Å². The van der Waals surface area contributed by atoms with Crippen molar-refractivity contribution in [2.24, 2.45) is 7.05 Å². The second-order valence-electron chi connectivity index (χ2n) is 4.14. The molecule has 18 heavy (non-hydrogen) atoms. The summed E-state index contributed by atoms with van der Waals surface area (Å²) in [5, 5.41) is 20.6. The second kappa shape index (κ2) is 5.44. The van der Waals surface area contributed by atoms with Gasteiger partial charge in [0, 0.05) is 32.4 Å². The van der Waals surface area contributed by atoms with Crippen LogP contribution in [0.1, 0.15) is 17.7 Å². The van der Waals surface area contributed by atoms with E-state index in [1.165, 1.54) is 0 Å². The summed E-state index contributed by atoms with van der Waals surface area (Å²) < 4.78 is 3.49. The van der Waals surface area contributed by atoms with Crippen LogP contribution in [0.2, 0.25) is 0 Å². The number of nitrogens with zero attached hydrogens (tertiary/aromatic N) is 5. The number of hydrogen-bond donors (Lipinski definition) is 1. The maximum atomic E-state index is 10.4. The summed E-state index contributed by atoms with van der Waals surface area (Å²) in [6, 6.07) is 0. The number of carboxylic acid groups (broad SMARTS) is 1. The molecule has 0 aliphatic rings. The molecule has 0 unspecified atom stereocenters. The van der Waals surface area contributed by atoms with Crippen molar-refractivity contribution in [3.8, 4) is 0 Å². The van der Waals surface area contributed by atoms with Crippen LogP contribution in [-0.2, 0) is 31.2 Å². The summed E-state index contributed by atoms with van der Waals surface area (Å²) in [6.07, 6.45) is 6.91. The maximum absolute atomic E-state index is 10.4. The molecule has 0 aliphatic heterocycles. The third-order valence-electron chi connectivity index (χ3n) is 2.57. The Kier molecular flexibility index (Phi) is 3.71. The Morgan fingerprint density at radius 3 is 2.89 bits per heavy atom. The van der Waals surface area contributed by atoms with Gasteiger partial charge in [-0.25, -0.2) is 0 Å². The summed E-state index contributed by atoms with van der Waals surface area (Å²) in [7, 11) is 1.88. The van der Waals surface area contributed by atoms with Crippen molar-refractivity contribution in [3.63, 3.8) is 0 Å². The molecular formula is C11H15N5O2. The molecule has 96 valence electrons. The number of hydrogen-bond acceptors (Lipinski definition) is 4. The predicted molar refractivity (Wildman–Crippen MR) is 62.9 cm³/mol. The lowest BCUT2D eigenvalue weighted by Crippen LogP contribution is -2.01. The van der Waals surface area contributed by atoms with Crippen molar-refractivity contribution in [2.75, 3.05) is 0 Å². The Hall–Kier alpha value is -2.18. The van der Waals surface area contributed by atoms with Crippen molar-refractivity contribution < 1.29 is 9.90 Å². The van der Waals surface area contributed by atoms with Crippen LogP contribution in [0.5, 0.6) is 0 Å². The van der Waals surface area contributed by atoms with Crippen LogP contribution in [0.15, 0.2) is 18.6 Å². The maximum Gasteiger partial charge on any atom is 0.303 e. The normalized spacial score (nSPS) is 10.7. The summed E-state index contributed by atoms with van der Waals surface area (Å²) >= 11 is 0. The molecule has 0 fully saturated rings. The molecule has 0 aromatic carbocycles. The third kappa shape index (κ3) is 3.41. The van der Waals surface area contributed by atoms with Gasteiger partial charge in [-0.1, -0.05) is 5.21 Å². The zero-order valence-corrected chi connectivity index (χ0v) is 10.2. The molecule has 7 nitrogen and oxygen atoms in total. The lowest BCUT2D eigenvalue weighted by molar-refractivity contribution is -0.136. The molecule has 0 amide bonds. The molecule has 7 heteroatoms. The lowest BCUT2D eigenvalue weighted by Gasteiger charge is -1.97. The van der Waals surface area contributed by atoms with Crippen LogP contribution in [0.3, 0.4) is 0 Å². The number of carbonyl (C=O) groups is 1. The number of rotatable bonds is 6. The van der Waals surface area contributed by atoms with Gasteiger partial charge in [0.15, 0.2) is 0 Å². The smallest absolute Gasteiger partial charge is 0.303 e. The van der Waals surface area contributed by atoms with Crippen molar-refractivity contribution in [2.45, 2.75) is 25.8 Å². The number of aliphatic carboxylic acids is 1. The van der Waals surface area contributed by atoms with Gasteiger partial charge in [-0.2, -0.15) is 5.10 Å². The second-order valence-corrected chi connectivity index (χ2v) is 4.14. The molecule has 0 spiro atoms. The van der Waals surface area contributed by atoms with Crippen LogP contribution in [0, 0.1) is 0 Å². The molecule has 2 rings (SSSR count). The fourth-order valence-electron chi connectivity index (χ4n) is 1.64. The summed E-state index contributed by atoms with van der Waals surface area (Å²) in [5.74, 6) is -0.820. The van der Waals surface area contributed by atoms with E-state index in [0.717, 1.165) is 12.0 Å². The standard InChI is InChI=1S/C11H15N5O2/c1-15-7-9(6-12-15)4-5-16-8-10(13-14-16)2-3-11(17)18/h6-8H,2-5H2,1H3,(H,17,18). The van der Waals surface area contributed by atoms with Crippen LogP contribution >= 0.6 is 0 Å². The van der Waals surface area contributed by atoms with Gasteiger partial charge in [0.2, 0.25) is 0 Å². The monoisotopic (exact) mass is 249 g/mol.